The van der Waals surface area contributed by atoms with Crippen LogP contribution >= 0.6 is 0 Å². The molecule has 7 heteroatoms. The fourth-order valence-corrected chi connectivity index (χ4v) is 3.77. The van der Waals surface area contributed by atoms with Crippen LogP contribution in [0.4, 0.5) is 4.39 Å². The maximum Gasteiger partial charge on any atom is 0.291 e. The lowest BCUT2D eigenvalue weighted by Gasteiger charge is -2.26. The van der Waals surface area contributed by atoms with Crippen LogP contribution in [0, 0.1) is 5.82 Å². The molecule has 1 aromatic rings. The summed E-state index contributed by atoms with van der Waals surface area (Å²) < 4.78 is 14.3. The van der Waals surface area contributed by atoms with E-state index < -0.39 is 5.82 Å². The summed E-state index contributed by atoms with van der Waals surface area (Å²) >= 11 is 0. The van der Waals surface area contributed by atoms with Crippen molar-refractivity contribution in [1.82, 2.24) is 4.90 Å². The maximum atomic E-state index is 14.3. The summed E-state index contributed by atoms with van der Waals surface area (Å²) in [7, 11) is 0. The van der Waals surface area contributed by atoms with Crippen LogP contribution in [0.5, 0.6) is 0 Å². The van der Waals surface area contributed by atoms with E-state index in [1.165, 1.54) is 11.0 Å². The second kappa shape index (κ2) is 8.52. The number of nitrogens with two attached hydrogens (primary N) is 1. The first-order valence-corrected chi connectivity index (χ1v) is 9.50. The van der Waals surface area contributed by atoms with Gasteiger partial charge in [0.15, 0.2) is 0 Å². The van der Waals surface area contributed by atoms with Gasteiger partial charge in [-0.3, -0.25) is 9.59 Å². The zero-order chi connectivity index (χ0) is 19.4. The minimum atomic E-state index is -0.544. The molecule has 1 unspecified atom stereocenters. The highest BCUT2D eigenvalue weighted by Crippen LogP contribution is 2.33. The van der Waals surface area contributed by atoms with E-state index in [9.17, 15) is 14.0 Å². The molecule has 0 saturated carbocycles. The third-order valence-corrected chi connectivity index (χ3v) is 5.22. The van der Waals surface area contributed by atoms with Gasteiger partial charge < -0.3 is 10.6 Å². The zero-order valence-electron chi connectivity index (χ0n) is 15.6. The van der Waals surface area contributed by atoms with Gasteiger partial charge in [-0.1, -0.05) is 6.07 Å². The number of rotatable bonds is 6. The Morgan fingerprint density at radius 3 is 2.85 bits per heavy atom. The lowest BCUT2D eigenvalue weighted by Crippen LogP contribution is -2.35. The molecule has 0 saturated heterocycles. The van der Waals surface area contributed by atoms with Gasteiger partial charge in [-0.15, -0.1) is 5.11 Å². The van der Waals surface area contributed by atoms with Crippen LogP contribution in [-0.2, 0) is 11.2 Å². The van der Waals surface area contributed by atoms with E-state index in [0.29, 0.717) is 26.1 Å². The number of carbonyl (C=O) groups excluding carboxylic acids is 2. The fourth-order valence-electron chi connectivity index (χ4n) is 3.77. The number of likely N-dealkylation sites (N-methyl/N-ethyl adjacent to an activating group) is 1. The van der Waals surface area contributed by atoms with Gasteiger partial charge in [0.25, 0.3) is 11.8 Å². The van der Waals surface area contributed by atoms with Crippen molar-refractivity contribution in [3.05, 3.63) is 46.3 Å². The molecule has 2 amide bonds. The molecular formula is C20H25FN4O2. The van der Waals surface area contributed by atoms with Crippen LogP contribution < -0.4 is 5.73 Å². The fraction of sp³-hybridized carbons (Fsp3) is 0.500. The molecule has 0 fully saturated rings. The number of amides is 2. The largest absolute Gasteiger partial charge is 0.338 e. The van der Waals surface area contributed by atoms with Gasteiger partial charge in [-0.05, 0) is 55.9 Å². The van der Waals surface area contributed by atoms with E-state index in [-0.39, 0.29) is 23.4 Å². The van der Waals surface area contributed by atoms with Crippen molar-refractivity contribution >= 4 is 11.8 Å². The quantitative estimate of drug-likeness (QED) is 0.832. The molecule has 0 aromatic heterocycles. The van der Waals surface area contributed by atoms with Crippen molar-refractivity contribution in [2.24, 2.45) is 16.0 Å². The Morgan fingerprint density at radius 2 is 2.11 bits per heavy atom. The van der Waals surface area contributed by atoms with Crippen LogP contribution in [0.3, 0.4) is 0 Å². The van der Waals surface area contributed by atoms with Crippen molar-refractivity contribution in [1.29, 1.82) is 0 Å². The number of benzene rings is 1. The maximum absolute atomic E-state index is 14.3. The normalized spacial score (nSPS) is 19.2. The van der Waals surface area contributed by atoms with Crippen LogP contribution in [0.2, 0.25) is 0 Å². The third kappa shape index (κ3) is 4.13. The summed E-state index contributed by atoms with van der Waals surface area (Å²) in [5.74, 6) is -1.13. The molecule has 1 heterocycles. The summed E-state index contributed by atoms with van der Waals surface area (Å²) in [6.45, 7) is 3.02. The van der Waals surface area contributed by atoms with Crippen LogP contribution in [0.15, 0.2) is 39.6 Å². The molecule has 2 aliphatic rings. The van der Waals surface area contributed by atoms with Crippen LogP contribution in [0.1, 0.15) is 48.5 Å². The highest BCUT2D eigenvalue weighted by molar-refractivity contribution is 5.96. The van der Waals surface area contributed by atoms with Gasteiger partial charge in [-0.25, -0.2) is 4.39 Å². The first-order valence-electron chi connectivity index (χ1n) is 9.50. The smallest absolute Gasteiger partial charge is 0.291 e. The average molecular weight is 372 g/mol. The van der Waals surface area contributed by atoms with E-state index in [0.717, 1.165) is 42.4 Å². The lowest BCUT2D eigenvalue weighted by atomic mass is 9.84. The van der Waals surface area contributed by atoms with E-state index >= 15 is 0 Å². The second-order valence-corrected chi connectivity index (χ2v) is 6.94. The number of hydrogen-bond donors (Lipinski definition) is 1. The molecule has 0 spiro atoms. The average Bonchev–Trinajstić information content (AvgIpc) is 2.69. The molecule has 1 aromatic carbocycles. The van der Waals surface area contributed by atoms with Gasteiger partial charge >= 0.3 is 0 Å². The summed E-state index contributed by atoms with van der Waals surface area (Å²) in [5, 5.41) is 7.98. The molecule has 1 aliphatic carbocycles. The summed E-state index contributed by atoms with van der Waals surface area (Å²) in [5.41, 5.74) is 8.24. The predicted octanol–water partition coefficient (Wildman–Crippen LogP) is 3.02. The molecule has 3 rings (SSSR count). The SMILES string of the molecule is CCN(CCN)C(=O)c1cc(CC2N=NC(=O)C3=C2CCCC3)ccc1F. The molecule has 0 radical (unpaired) electrons. The Hall–Kier alpha value is -2.41. The first kappa shape index (κ1) is 19.4. The summed E-state index contributed by atoms with van der Waals surface area (Å²) in [6.07, 6.45) is 4.13. The Bertz CT molecular complexity index is 803. The second-order valence-electron chi connectivity index (χ2n) is 6.94. The lowest BCUT2D eigenvalue weighted by molar-refractivity contribution is -0.115. The number of nitrogens with zero attached hydrogens (tertiary/aromatic N) is 3. The van der Waals surface area contributed by atoms with Gasteiger partial charge in [-0.2, -0.15) is 5.11 Å². The Kier molecular flexibility index (Phi) is 6.11. The molecule has 1 atom stereocenters. The zero-order valence-corrected chi connectivity index (χ0v) is 15.6. The predicted molar refractivity (Wildman–Crippen MR) is 99.9 cm³/mol. The van der Waals surface area contributed by atoms with E-state index in [1.54, 1.807) is 12.1 Å². The van der Waals surface area contributed by atoms with Gasteiger partial charge in [0.05, 0.1) is 11.6 Å². The van der Waals surface area contributed by atoms with Crippen LogP contribution in [-0.4, -0.2) is 42.4 Å². The van der Waals surface area contributed by atoms with E-state index in [2.05, 4.69) is 10.2 Å². The van der Waals surface area contributed by atoms with Gasteiger partial charge in [0, 0.05) is 31.6 Å². The first-order chi connectivity index (χ1) is 13.0. The van der Waals surface area contributed by atoms with Crippen molar-refractivity contribution in [2.75, 3.05) is 19.6 Å². The molecule has 6 nitrogen and oxygen atoms in total. The topological polar surface area (TPSA) is 88.1 Å². The van der Waals surface area contributed by atoms with E-state index in [4.69, 9.17) is 5.73 Å². The number of hydrogen-bond acceptors (Lipinski definition) is 4. The van der Waals surface area contributed by atoms with Crippen molar-refractivity contribution in [2.45, 2.75) is 45.1 Å². The van der Waals surface area contributed by atoms with Gasteiger partial charge in [0.1, 0.15) is 5.82 Å². The molecule has 27 heavy (non-hydrogen) atoms. The summed E-state index contributed by atoms with van der Waals surface area (Å²) in [4.78, 5) is 26.1. The third-order valence-electron chi connectivity index (χ3n) is 5.22. The van der Waals surface area contributed by atoms with Crippen molar-refractivity contribution in [3.63, 3.8) is 0 Å². The Balaban J connectivity index is 1.84. The monoisotopic (exact) mass is 372 g/mol. The Labute approximate surface area is 158 Å². The molecular weight excluding hydrogens is 347 g/mol. The highest BCUT2D eigenvalue weighted by atomic mass is 19.1. The van der Waals surface area contributed by atoms with Gasteiger partial charge in [0.2, 0.25) is 0 Å². The highest BCUT2D eigenvalue weighted by Gasteiger charge is 2.29. The minimum Gasteiger partial charge on any atom is -0.338 e. The van der Waals surface area contributed by atoms with Crippen molar-refractivity contribution < 1.29 is 14.0 Å². The molecule has 144 valence electrons. The summed E-state index contributed by atoms with van der Waals surface area (Å²) in [6, 6.07) is 4.37. The molecule has 1 aliphatic heterocycles. The van der Waals surface area contributed by atoms with Crippen molar-refractivity contribution in [3.8, 4) is 0 Å². The number of carbonyl (C=O) groups is 2. The standard InChI is InChI=1S/C20H25FN4O2/c1-2-25(10-9-22)20(27)16-11-13(7-8-17(16)21)12-18-14-5-3-4-6-15(14)19(26)24-23-18/h7-8,11,18H,2-6,9-10,12,22H2,1H3. The van der Waals surface area contributed by atoms with Crippen LogP contribution in [0.25, 0.3) is 0 Å². The minimum absolute atomic E-state index is 0.0458. The Morgan fingerprint density at radius 1 is 1.33 bits per heavy atom. The molecule has 0 bridgehead atoms. The number of azo groups is 1. The number of halogens is 1. The van der Waals surface area contributed by atoms with E-state index in [1.807, 2.05) is 6.92 Å². The molecule has 2 N–H and O–H groups in total.